The van der Waals surface area contributed by atoms with Crippen LogP contribution in [0.3, 0.4) is 0 Å². The molecule has 0 amide bonds. The summed E-state index contributed by atoms with van der Waals surface area (Å²) >= 11 is 0. The summed E-state index contributed by atoms with van der Waals surface area (Å²) < 4.78 is 2.10. The second-order valence-electron chi connectivity index (χ2n) is 6.39. The zero-order valence-electron chi connectivity index (χ0n) is 13.4. The largest absolute Gasteiger partial charge is 0.317 e. The van der Waals surface area contributed by atoms with Crippen molar-refractivity contribution in [3.63, 3.8) is 0 Å². The van der Waals surface area contributed by atoms with E-state index in [4.69, 9.17) is 5.10 Å². The molecular formula is C16H31N3. The molecule has 3 nitrogen and oxygen atoms in total. The lowest BCUT2D eigenvalue weighted by molar-refractivity contribution is 0.320. The van der Waals surface area contributed by atoms with Crippen LogP contribution in [-0.4, -0.2) is 22.9 Å². The van der Waals surface area contributed by atoms with Crippen LogP contribution in [0, 0.1) is 5.41 Å². The number of hydrogen-bond acceptors (Lipinski definition) is 2. The highest BCUT2D eigenvalue weighted by Gasteiger charge is 2.19. The van der Waals surface area contributed by atoms with Gasteiger partial charge in [0.2, 0.25) is 0 Å². The third-order valence-corrected chi connectivity index (χ3v) is 3.77. The van der Waals surface area contributed by atoms with Gasteiger partial charge < -0.3 is 5.32 Å². The smallest absolute Gasteiger partial charge is 0.0630 e. The molecule has 110 valence electrons. The topological polar surface area (TPSA) is 29.9 Å². The maximum atomic E-state index is 4.71. The number of rotatable bonds is 9. The highest BCUT2D eigenvalue weighted by Crippen LogP contribution is 2.25. The van der Waals surface area contributed by atoms with Crippen molar-refractivity contribution < 1.29 is 0 Å². The van der Waals surface area contributed by atoms with Crippen LogP contribution in [0.5, 0.6) is 0 Å². The first-order valence-electron chi connectivity index (χ1n) is 7.73. The summed E-state index contributed by atoms with van der Waals surface area (Å²) in [5.74, 6) is 0. The molecule has 1 rings (SSSR count). The maximum Gasteiger partial charge on any atom is 0.0630 e. The standard InChI is InChI=1S/C16H31N3/c1-6-10-17-11-9-16(4,5)13-15-8-12-19(18-15)14(3)7-2/h8,12,14,17H,6-7,9-11,13H2,1-5H3. The molecule has 3 heteroatoms. The number of nitrogens with zero attached hydrogens (tertiary/aromatic N) is 2. The predicted molar refractivity (Wildman–Crippen MR) is 82.5 cm³/mol. The molecule has 0 saturated carbocycles. The van der Waals surface area contributed by atoms with Crippen LogP contribution in [0.2, 0.25) is 0 Å². The Morgan fingerprint density at radius 2 is 2.05 bits per heavy atom. The lowest BCUT2D eigenvalue weighted by Gasteiger charge is -2.23. The molecule has 0 bridgehead atoms. The lowest BCUT2D eigenvalue weighted by atomic mass is 9.84. The summed E-state index contributed by atoms with van der Waals surface area (Å²) in [5, 5.41) is 8.19. The van der Waals surface area contributed by atoms with Crippen molar-refractivity contribution in [1.82, 2.24) is 15.1 Å². The molecule has 0 saturated heterocycles. The van der Waals surface area contributed by atoms with Gasteiger partial charge in [0.1, 0.15) is 0 Å². The van der Waals surface area contributed by atoms with Crippen molar-refractivity contribution in [3.8, 4) is 0 Å². The fourth-order valence-corrected chi connectivity index (χ4v) is 2.21. The van der Waals surface area contributed by atoms with Gasteiger partial charge in [-0.2, -0.15) is 5.10 Å². The second-order valence-corrected chi connectivity index (χ2v) is 6.39. The van der Waals surface area contributed by atoms with Gasteiger partial charge in [0, 0.05) is 12.2 Å². The quantitative estimate of drug-likeness (QED) is 0.688. The number of aromatic nitrogens is 2. The third-order valence-electron chi connectivity index (χ3n) is 3.77. The van der Waals surface area contributed by atoms with Crippen LogP contribution >= 0.6 is 0 Å². The molecule has 1 aromatic heterocycles. The van der Waals surface area contributed by atoms with Gasteiger partial charge in [-0.3, -0.25) is 4.68 Å². The predicted octanol–water partition coefficient (Wildman–Crippen LogP) is 3.81. The molecule has 19 heavy (non-hydrogen) atoms. The molecular weight excluding hydrogens is 234 g/mol. The first kappa shape index (κ1) is 16.2. The number of hydrogen-bond donors (Lipinski definition) is 1. The van der Waals surface area contributed by atoms with E-state index in [0.29, 0.717) is 11.5 Å². The van der Waals surface area contributed by atoms with E-state index in [9.17, 15) is 0 Å². The van der Waals surface area contributed by atoms with Crippen molar-refractivity contribution in [2.24, 2.45) is 5.41 Å². The van der Waals surface area contributed by atoms with Gasteiger partial charge in [-0.1, -0.05) is 27.7 Å². The summed E-state index contributed by atoms with van der Waals surface area (Å²) in [7, 11) is 0. The van der Waals surface area contributed by atoms with Crippen molar-refractivity contribution in [2.75, 3.05) is 13.1 Å². The summed E-state index contributed by atoms with van der Waals surface area (Å²) in [6.07, 6.45) is 6.72. The van der Waals surface area contributed by atoms with Crippen LogP contribution in [0.4, 0.5) is 0 Å². The first-order valence-corrected chi connectivity index (χ1v) is 7.73. The Morgan fingerprint density at radius 3 is 2.68 bits per heavy atom. The van der Waals surface area contributed by atoms with Crippen molar-refractivity contribution in [1.29, 1.82) is 0 Å². The van der Waals surface area contributed by atoms with Gasteiger partial charge in [0.25, 0.3) is 0 Å². The minimum atomic E-state index is 0.315. The van der Waals surface area contributed by atoms with Crippen molar-refractivity contribution in [3.05, 3.63) is 18.0 Å². The number of nitrogens with one attached hydrogen (secondary N) is 1. The van der Waals surface area contributed by atoms with E-state index >= 15 is 0 Å². The van der Waals surface area contributed by atoms with Gasteiger partial charge >= 0.3 is 0 Å². The maximum absolute atomic E-state index is 4.71. The van der Waals surface area contributed by atoms with E-state index in [0.717, 1.165) is 25.9 Å². The average molecular weight is 265 g/mol. The molecule has 0 radical (unpaired) electrons. The summed E-state index contributed by atoms with van der Waals surface area (Å²) in [4.78, 5) is 0. The van der Waals surface area contributed by atoms with Crippen molar-refractivity contribution >= 4 is 0 Å². The Balaban J connectivity index is 2.45. The highest BCUT2D eigenvalue weighted by molar-refractivity contribution is 5.02. The van der Waals surface area contributed by atoms with Crippen LogP contribution in [0.15, 0.2) is 12.3 Å². The van der Waals surface area contributed by atoms with Gasteiger partial charge in [0.05, 0.1) is 5.69 Å². The van der Waals surface area contributed by atoms with E-state index in [2.05, 4.69) is 56.9 Å². The average Bonchev–Trinajstić information content (AvgIpc) is 2.81. The van der Waals surface area contributed by atoms with Crippen LogP contribution < -0.4 is 5.32 Å². The fraction of sp³-hybridized carbons (Fsp3) is 0.812. The molecule has 0 aliphatic carbocycles. The first-order chi connectivity index (χ1) is 8.98. The molecule has 0 aliphatic heterocycles. The molecule has 0 aromatic carbocycles. The fourth-order valence-electron chi connectivity index (χ4n) is 2.21. The molecule has 0 aliphatic rings. The molecule has 0 fully saturated rings. The van der Waals surface area contributed by atoms with Crippen molar-refractivity contribution in [2.45, 2.75) is 66.3 Å². The summed E-state index contributed by atoms with van der Waals surface area (Å²) in [5.41, 5.74) is 1.54. The SMILES string of the molecule is CCCNCCC(C)(C)Cc1ccn(C(C)CC)n1. The molecule has 1 unspecified atom stereocenters. The normalized spacial score (nSPS) is 13.7. The van der Waals surface area contributed by atoms with Gasteiger partial charge in [0.15, 0.2) is 0 Å². The van der Waals surface area contributed by atoms with E-state index < -0.39 is 0 Å². The zero-order chi connectivity index (χ0) is 14.3. The van der Waals surface area contributed by atoms with E-state index in [1.165, 1.54) is 18.5 Å². The Hall–Kier alpha value is -0.830. The highest BCUT2D eigenvalue weighted by atomic mass is 15.3. The van der Waals surface area contributed by atoms with E-state index in [1.54, 1.807) is 0 Å². The van der Waals surface area contributed by atoms with Crippen LogP contribution in [0.25, 0.3) is 0 Å². The monoisotopic (exact) mass is 265 g/mol. The van der Waals surface area contributed by atoms with E-state index in [-0.39, 0.29) is 0 Å². The molecule has 1 aromatic rings. The lowest BCUT2D eigenvalue weighted by Crippen LogP contribution is -2.24. The Bertz CT molecular complexity index is 355. The van der Waals surface area contributed by atoms with Crippen LogP contribution in [-0.2, 0) is 6.42 Å². The molecule has 1 heterocycles. The zero-order valence-corrected chi connectivity index (χ0v) is 13.4. The van der Waals surface area contributed by atoms with Gasteiger partial charge in [-0.05, 0) is 57.2 Å². The second kappa shape index (κ2) is 7.68. The molecule has 1 N–H and O–H groups in total. The third kappa shape index (κ3) is 5.77. The minimum absolute atomic E-state index is 0.315. The molecule has 0 spiro atoms. The van der Waals surface area contributed by atoms with Crippen LogP contribution in [0.1, 0.15) is 65.6 Å². The Morgan fingerprint density at radius 1 is 1.32 bits per heavy atom. The van der Waals surface area contributed by atoms with E-state index in [1.807, 2.05) is 0 Å². The Kier molecular flexibility index (Phi) is 6.56. The Labute approximate surface area is 118 Å². The minimum Gasteiger partial charge on any atom is -0.317 e. The van der Waals surface area contributed by atoms with Gasteiger partial charge in [-0.15, -0.1) is 0 Å². The summed E-state index contributed by atoms with van der Waals surface area (Å²) in [6, 6.07) is 2.68. The molecule has 1 atom stereocenters. The van der Waals surface area contributed by atoms with Gasteiger partial charge in [-0.25, -0.2) is 0 Å². The summed E-state index contributed by atoms with van der Waals surface area (Å²) in [6.45, 7) is 13.5.